The van der Waals surface area contributed by atoms with Crippen molar-refractivity contribution in [3.05, 3.63) is 42.1 Å². The Labute approximate surface area is 89.5 Å². The highest BCUT2D eigenvalue weighted by molar-refractivity contribution is 6.30. The average molecular weight is 209 g/mol. The van der Waals surface area contributed by atoms with Crippen molar-refractivity contribution >= 4 is 23.0 Å². The van der Waals surface area contributed by atoms with E-state index in [9.17, 15) is 0 Å². The Hall–Kier alpha value is -1.28. The number of hydrazone groups is 1. The monoisotopic (exact) mass is 208 g/mol. The molecule has 0 aliphatic heterocycles. The standard InChI is InChI=1S/C11H13ClN2/c1-9(2)13-14(10(3)12)11-7-5-4-6-8-11/h4-8H,3H2,1-2H3. The van der Waals surface area contributed by atoms with Gasteiger partial charge >= 0.3 is 0 Å². The van der Waals surface area contributed by atoms with Gasteiger partial charge < -0.3 is 0 Å². The third-order valence-corrected chi connectivity index (χ3v) is 1.69. The van der Waals surface area contributed by atoms with Gasteiger partial charge in [-0.1, -0.05) is 36.4 Å². The van der Waals surface area contributed by atoms with Crippen molar-refractivity contribution in [2.45, 2.75) is 13.8 Å². The predicted octanol–water partition coefficient (Wildman–Crippen LogP) is 3.60. The van der Waals surface area contributed by atoms with Crippen molar-refractivity contribution in [2.75, 3.05) is 5.01 Å². The largest absolute Gasteiger partial charge is 0.223 e. The Balaban J connectivity index is 3.01. The van der Waals surface area contributed by atoms with Crippen LogP contribution in [0.25, 0.3) is 0 Å². The van der Waals surface area contributed by atoms with Crippen LogP contribution in [-0.4, -0.2) is 5.71 Å². The number of nitrogens with zero attached hydrogens (tertiary/aromatic N) is 2. The van der Waals surface area contributed by atoms with E-state index < -0.39 is 0 Å². The van der Waals surface area contributed by atoms with Crippen molar-refractivity contribution in [1.29, 1.82) is 0 Å². The predicted molar refractivity (Wildman–Crippen MR) is 62.7 cm³/mol. The second kappa shape index (κ2) is 4.82. The summed E-state index contributed by atoms with van der Waals surface area (Å²) < 4.78 is 0. The van der Waals surface area contributed by atoms with E-state index in [2.05, 4.69) is 11.7 Å². The fourth-order valence-electron chi connectivity index (χ4n) is 1.02. The summed E-state index contributed by atoms with van der Waals surface area (Å²) in [4.78, 5) is 0. The highest BCUT2D eigenvalue weighted by Gasteiger charge is 2.05. The van der Waals surface area contributed by atoms with Gasteiger partial charge in [-0.15, -0.1) is 0 Å². The lowest BCUT2D eigenvalue weighted by atomic mass is 10.3. The van der Waals surface area contributed by atoms with Gasteiger partial charge in [0.25, 0.3) is 0 Å². The molecule has 3 heteroatoms. The van der Waals surface area contributed by atoms with Gasteiger partial charge in [0.15, 0.2) is 0 Å². The molecule has 0 saturated carbocycles. The lowest BCUT2D eigenvalue weighted by molar-refractivity contribution is 1.05. The van der Waals surface area contributed by atoms with Crippen LogP contribution in [0.4, 0.5) is 5.69 Å². The van der Waals surface area contributed by atoms with Gasteiger partial charge in [0.05, 0.1) is 5.69 Å². The molecular weight excluding hydrogens is 196 g/mol. The van der Waals surface area contributed by atoms with E-state index in [4.69, 9.17) is 11.6 Å². The van der Waals surface area contributed by atoms with E-state index >= 15 is 0 Å². The maximum Gasteiger partial charge on any atom is 0.124 e. The zero-order valence-electron chi connectivity index (χ0n) is 8.37. The van der Waals surface area contributed by atoms with E-state index in [0.717, 1.165) is 11.4 Å². The number of halogens is 1. The second-order valence-corrected chi connectivity index (χ2v) is 3.51. The first-order valence-electron chi connectivity index (χ1n) is 4.32. The Bertz CT molecular complexity index is 340. The Kier molecular flexibility index (Phi) is 3.72. The summed E-state index contributed by atoms with van der Waals surface area (Å²) in [5.41, 5.74) is 1.84. The third-order valence-electron chi connectivity index (χ3n) is 1.53. The van der Waals surface area contributed by atoms with Crippen LogP contribution >= 0.6 is 11.6 Å². The van der Waals surface area contributed by atoms with E-state index in [1.807, 2.05) is 44.2 Å². The summed E-state index contributed by atoms with van der Waals surface area (Å²) in [7, 11) is 0. The number of benzene rings is 1. The summed E-state index contributed by atoms with van der Waals surface area (Å²) >= 11 is 5.85. The first-order valence-corrected chi connectivity index (χ1v) is 4.70. The van der Waals surface area contributed by atoms with Crippen molar-refractivity contribution in [3.8, 4) is 0 Å². The summed E-state index contributed by atoms with van der Waals surface area (Å²) in [6, 6.07) is 9.67. The van der Waals surface area contributed by atoms with Gasteiger partial charge in [-0.3, -0.25) is 0 Å². The maximum atomic E-state index is 5.85. The van der Waals surface area contributed by atoms with E-state index in [1.54, 1.807) is 5.01 Å². The molecule has 1 aromatic carbocycles. The van der Waals surface area contributed by atoms with Crippen molar-refractivity contribution in [3.63, 3.8) is 0 Å². The van der Waals surface area contributed by atoms with Crippen LogP contribution in [0, 0.1) is 0 Å². The molecular formula is C11H13ClN2. The molecule has 1 aromatic rings. The maximum absolute atomic E-state index is 5.85. The quantitative estimate of drug-likeness (QED) is 0.421. The van der Waals surface area contributed by atoms with Crippen LogP contribution in [0.5, 0.6) is 0 Å². The number of anilines is 1. The van der Waals surface area contributed by atoms with Crippen LogP contribution in [0.15, 0.2) is 47.2 Å². The smallest absolute Gasteiger partial charge is 0.124 e. The van der Waals surface area contributed by atoms with Gasteiger partial charge in [0.2, 0.25) is 0 Å². The fourth-order valence-corrected chi connectivity index (χ4v) is 1.16. The van der Waals surface area contributed by atoms with Crippen LogP contribution in [0.3, 0.4) is 0 Å². The van der Waals surface area contributed by atoms with Gasteiger partial charge in [-0.2, -0.15) is 5.10 Å². The number of hydrogen-bond donors (Lipinski definition) is 0. The van der Waals surface area contributed by atoms with E-state index in [-0.39, 0.29) is 0 Å². The number of rotatable bonds is 3. The molecule has 0 spiro atoms. The molecule has 0 radical (unpaired) electrons. The highest BCUT2D eigenvalue weighted by atomic mass is 35.5. The van der Waals surface area contributed by atoms with Gasteiger partial charge in [-0.25, -0.2) is 5.01 Å². The molecule has 0 saturated heterocycles. The first-order chi connectivity index (χ1) is 6.61. The summed E-state index contributed by atoms with van der Waals surface area (Å²) in [6.45, 7) is 7.49. The molecule has 74 valence electrons. The van der Waals surface area contributed by atoms with E-state index in [1.165, 1.54) is 0 Å². The first kappa shape index (κ1) is 10.8. The van der Waals surface area contributed by atoms with E-state index in [0.29, 0.717) is 5.16 Å². The fraction of sp³-hybridized carbons (Fsp3) is 0.182. The molecule has 0 bridgehead atoms. The molecule has 0 N–H and O–H groups in total. The molecule has 0 aliphatic carbocycles. The second-order valence-electron chi connectivity index (χ2n) is 3.07. The van der Waals surface area contributed by atoms with Crippen molar-refractivity contribution in [2.24, 2.45) is 5.10 Å². The molecule has 0 heterocycles. The molecule has 0 unspecified atom stereocenters. The minimum absolute atomic E-state index is 0.386. The highest BCUT2D eigenvalue weighted by Crippen LogP contribution is 2.20. The van der Waals surface area contributed by atoms with Crippen LogP contribution < -0.4 is 5.01 Å². The molecule has 0 amide bonds. The summed E-state index contributed by atoms with van der Waals surface area (Å²) in [6.07, 6.45) is 0. The minimum Gasteiger partial charge on any atom is -0.223 e. The Morgan fingerprint density at radius 3 is 2.29 bits per heavy atom. The summed E-state index contributed by atoms with van der Waals surface area (Å²) in [5, 5.41) is 6.26. The number of para-hydroxylation sites is 1. The van der Waals surface area contributed by atoms with Gasteiger partial charge in [-0.05, 0) is 26.0 Å². The van der Waals surface area contributed by atoms with Crippen LogP contribution in [0.2, 0.25) is 0 Å². The van der Waals surface area contributed by atoms with Crippen LogP contribution in [0.1, 0.15) is 13.8 Å². The molecule has 0 aromatic heterocycles. The van der Waals surface area contributed by atoms with Crippen molar-refractivity contribution < 1.29 is 0 Å². The lowest BCUT2D eigenvalue weighted by Gasteiger charge is -2.17. The molecule has 14 heavy (non-hydrogen) atoms. The number of hydrogen-bond acceptors (Lipinski definition) is 2. The third kappa shape index (κ3) is 2.89. The minimum atomic E-state index is 0.386. The van der Waals surface area contributed by atoms with Crippen molar-refractivity contribution in [1.82, 2.24) is 0 Å². The SMILES string of the molecule is C=C(Cl)N(N=C(C)C)c1ccccc1. The molecule has 0 atom stereocenters. The topological polar surface area (TPSA) is 15.6 Å². The zero-order valence-corrected chi connectivity index (χ0v) is 9.12. The molecule has 1 rings (SSSR count). The Morgan fingerprint density at radius 1 is 1.29 bits per heavy atom. The normalized spacial score (nSPS) is 9.36. The average Bonchev–Trinajstić information content (AvgIpc) is 2.15. The molecule has 0 fully saturated rings. The lowest BCUT2D eigenvalue weighted by Crippen LogP contribution is -2.12. The zero-order chi connectivity index (χ0) is 10.6. The summed E-state index contributed by atoms with van der Waals surface area (Å²) in [5.74, 6) is 0. The Morgan fingerprint density at radius 2 is 1.86 bits per heavy atom. The molecule has 0 aliphatic rings. The van der Waals surface area contributed by atoms with Gasteiger partial charge in [0.1, 0.15) is 5.16 Å². The van der Waals surface area contributed by atoms with Crippen LogP contribution in [-0.2, 0) is 0 Å². The van der Waals surface area contributed by atoms with Gasteiger partial charge in [0, 0.05) is 5.71 Å². The molecule has 2 nitrogen and oxygen atoms in total.